The van der Waals surface area contributed by atoms with E-state index >= 15 is 0 Å². The van der Waals surface area contributed by atoms with E-state index in [1.54, 1.807) is 30.3 Å². The van der Waals surface area contributed by atoms with Gasteiger partial charge in [-0.3, -0.25) is 4.79 Å². The molecule has 40 heavy (non-hydrogen) atoms. The Balaban J connectivity index is 1.79. The third-order valence-electron chi connectivity index (χ3n) is 7.33. The SMILES string of the molecule is CC(=O)CC1CN(S(=O)(=O)c2ccc(C)cc2)C(Cc2ccccc2)C(c2ccccc2)=C1C(=O)c1ccsc1. The van der Waals surface area contributed by atoms with Crippen LogP contribution in [0.15, 0.2) is 112 Å². The number of Topliss-reactive ketones (excluding diaryl/α,β-unsaturated/α-hetero) is 2. The Hall–Kier alpha value is -3.65. The number of carbonyl (C=O) groups excluding carboxylic acids is 2. The second kappa shape index (κ2) is 11.8. The van der Waals surface area contributed by atoms with Gasteiger partial charge in [-0.05, 0) is 60.5 Å². The molecule has 204 valence electrons. The summed E-state index contributed by atoms with van der Waals surface area (Å²) in [5, 5.41) is 3.67. The lowest BCUT2D eigenvalue weighted by Crippen LogP contribution is -2.50. The number of hydrogen-bond donors (Lipinski definition) is 0. The minimum Gasteiger partial charge on any atom is -0.300 e. The van der Waals surface area contributed by atoms with Crippen LogP contribution in [0.5, 0.6) is 0 Å². The molecule has 0 radical (unpaired) electrons. The zero-order valence-electron chi connectivity index (χ0n) is 22.5. The van der Waals surface area contributed by atoms with Crippen molar-refractivity contribution in [3.63, 3.8) is 0 Å². The largest absolute Gasteiger partial charge is 0.300 e. The summed E-state index contributed by atoms with van der Waals surface area (Å²) in [4.78, 5) is 26.9. The summed E-state index contributed by atoms with van der Waals surface area (Å²) in [6.07, 6.45) is 0.447. The molecule has 0 aliphatic carbocycles. The van der Waals surface area contributed by atoms with E-state index in [4.69, 9.17) is 0 Å². The molecule has 0 fully saturated rings. The van der Waals surface area contributed by atoms with Crippen LogP contribution < -0.4 is 0 Å². The molecule has 2 unspecified atom stereocenters. The summed E-state index contributed by atoms with van der Waals surface area (Å²) in [6.45, 7) is 3.44. The molecule has 3 aromatic carbocycles. The Labute approximate surface area is 239 Å². The Morgan fingerprint density at radius 3 is 2.15 bits per heavy atom. The summed E-state index contributed by atoms with van der Waals surface area (Å²) in [6, 6.07) is 27.2. The van der Waals surface area contributed by atoms with E-state index in [-0.39, 0.29) is 29.4 Å². The van der Waals surface area contributed by atoms with Crippen LogP contribution >= 0.6 is 11.3 Å². The lowest BCUT2D eigenvalue weighted by atomic mass is 9.76. The lowest BCUT2D eigenvalue weighted by Gasteiger charge is -2.42. The number of rotatable bonds is 9. The fraction of sp³-hybridized carbons (Fsp3) is 0.212. The summed E-state index contributed by atoms with van der Waals surface area (Å²) in [5.74, 6) is -0.841. The van der Waals surface area contributed by atoms with Gasteiger partial charge in [0, 0.05) is 35.4 Å². The van der Waals surface area contributed by atoms with Crippen LogP contribution in [-0.2, 0) is 21.2 Å². The van der Waals surface area contributed by atoms with Gasteiger partial charge in [-0.2, -0.15) is 15.6 Å². The van der Waals surface area contributed by atoms with Crippen molar-refractivity contribution in [2.75, 3.05) is 6.54 Å². The first-order valence-corrected chi connectivity index (χ1v) is 15.6. The predicted octanol–water partition coefficient (Wildman–Crippen LogP) is 6.60. The highest BCUT2D eigenvalue weighted by Crippen LogP contribution is 2.42. The third kappa shape index (κ3) is 5.77. The third-order valence-corrected chi connectivity index (χ3v) is 9.90. The molecule has 0 saturated carbocycles. The first-order valence-electron chi connectivity index (χ1n) is 13.2. The van der Waals surface area contributed by atoms with E-state index in [2.05, 4.69) is 0 Å². The zero-order valence-corrected chi connectivity index (χ0v) is 24.1. The minimum absolute atomic E-state index is 0.0365. The maximum Gasteiger partial charge on any atom is 0.243 e. The Kier molecular flexibility index (Phi) is 8.26. The van der Waals surface area contributed by atoms with Gasteiger partial charge in [-0.25, -0.2) is 8.42 Å². The molecule has 5 rings (SSSR count). The molecule has 0 N–H and O–H groups in total. The van der Waals surface area contributed by atoms with Gasteiger partial charge in [-0.15, -0.1) is 0 Å². The normalized spacial score (nSPS) is 18.1. The summed E-state index contributed by atoms with van der Waals surface area (Å²) >= 11 is 1.43. The van der Waals surface area contributed by atoms with Crippen LogP contribution in [0.3, 0.4) is 0 Å². The molecule has 4 aromatic rings. The fourth-order valence-corrected chi connectivity index (χ4v) is 7.75. The quantitative estimate of drug-likeness (QED) is 0.213. The van der Waals surface area contributed by atoms with Gasteiger partial charge >= 0.3 is 0 Å². The number of sulfonamides is 1. The van der Waals surface area contributed by atoms with Gasteiger partial charge in [0.2, 0.25) is 10.0 Å². The van der Waals surface area contributed by atoms with Crippen LogP contribution in [0.2, 0.25) is 0 Å². The molecule has 1 aromatic heterocycles. The molecule has 0 bridgehead atoms. The van der Waals surface area contributed by atoms with Gasteiger partial charge in [0.15, 0.2) is 5.78 Å². The second-order valence-corrected chi connectivity index (χ2v) is 12.9. The van der Waals surface area contributed by atoms with Crippen LogP contribution in [0.1, 0.15) is 40.4 Å². The van der Waals surface area contributed by atoms with E-state index in [9.17, 15) is 18.0 Å². The van der Waals surface area contributed by atoms with Crippen molar-refractivity contribution in [1.29, 1.82) is 0 Å². The average Bonchev–Trinajstić information content (AvgIpc) is 3.49. The van der Waals surface area contributed by atoms with Crippen LogP contribution in [0.4, 0.5) is 0 Å². The van der Waals surface area contributed by atoms with Crippen LogP contribution in [0, 0.1) is 12.8 Å². The highest BCUT2D eigenvalue weighted by atomic mass is 32.2. The topological polar surface area (TPSA) is 71.5 Å². The molecule has 2 atom stereocenters. The molecule has 5 nitrogen and oxygen atoms in total. The second-order valence-electron chi connectivity index (χ2n) is 10.2. The predicted molar refractivity (Wildman–Crippen MR) is 160 cm³/mol. The first-order chi connectivity index (χ1) is 19.3. The van der Waals surface area contributed by atoms with Crippen molar-refractivity contribution < 1.29 is 18.0 Å². The number of ketones is 2. The van der Waals surface area contributed by atoms with Gasteiger partial charge in [-0.1, -0.05) is 78.4 Å². The minimum atomic E-state index is -3.98. The van der Waals surface area contributed by atoms with Gasteiger partial charge in [0.1, 0.15) is 5.78 Å². The van der Waals surface area contributed by atoms with Crippen molar-refractivity contribution >= 4 is 38.5 Å². The van der Waals surface area contributed by atoms with Crippen molar-refractivity contribution in [2.45, 2.75) is 37.6 Å². The zero-order chi connectivity index (χ0) is 28.3. The van der Waals surface area contributed by atoms with Gasteiger partial charge in [0.05, 0.1) is 10.9 Å². The maximum absolute atomic E-state index is 14.3. The van der Waals surface area contributed by atoms with Crippen molar-refractivity contribution in [3.8, 4) is 0 Å². The van der Waals surface area contributed by atoms with Crippen molar-refractivity contribution in [1.82, 2.24) is 4.31 Å². The van der Waals surface area contributed by atoms with E-state index < -0.39 is 22.0 Å². The van der Waals surface area contributed by atoms with Crippen molar-refractivity contribution in [2.24, 2.45) is 5.92 Å². The number of aryl methyl sites for hydroxylation is 1. The standard InChI is InChI=1S/C33H31NO4S2/c1-23-13-15-29(16-14-23)40(37,38)34-21-28(19-24(2)35)32(33(36)27-17-18-39-22-27)31(26-11-7-4-8-12-26)30(34)20-25-9-5-3-6-10-25/h3-18,22,28,30H,19-21H2,1-2H3. The molecule has 1 aliphatic rings. The summed E-state index contributed by atoms with van der Waals surface area (Å²) in [7, 11) is -3.98. The molecule has 0 saturated heterocycles. The summed E-state index contributed by atoms with van der Waals surface area (Å²) < 4.78 is 30.2. The number of hydrogen-bond acceptors (Lipinski definition) is 5. The van der Waals surface area contributed by atoms with E-state index in [1.165, 1.54) is 22.6 Å². The first kappa shape index (κ1) is 27.9. The maximum atomic E-state index is 14.3. The smallest absolute Gasteiger partial charge is 0.243 e. The lowest BCUT2D eigenvalue weighted by molar-refractivity contribution is -0.117. The molecular weight excluding hydrogens is 539 g/mol. The van der Waals surface area contributed by atoms with Crippen LogP contribution in [-0.4, -0.2) is 36.9 Å². The number of thiophene rings is 1. The molecule has 0 amide bonds. The van der Waals surface area contributed by atoms with Gasteiger partial charge < -0.3 is 4.79 Å². The number of benzene rings is 3. The van der Waals surface area contributed by atoms with E-state index in [0.29, 0.717) is 23.1 Å². The number of carbonyl (C=O) groups is 2. The average molecular weight is 570 g/mol. The Bertz CT molecular complexity index is 1630. The summed E-state index contributed by atoms with van der Waals surface area (Å²) in [5.41, 5.74) is 4.43. The Morgan fingerprint density at radius 1 is 0.900 bits per heavy atom. The molecule has 2 heterocycles. The molecule has 7 heteroatoms. The van der Waals surface area contributed by atoms with E-state index in [0.717, 1.165) is 16.7 Å². The Morgan fingerprint density at radius 2 is 1.55 bits per heavy atom. The number of nitrogens with zero attached hydrogens (tertiary/aromatic N) is 1. The molecule has 1 aliphatic heterocycles. The van der Waals surface area contributed by atoms with Crippen molar-refractivity contribution in [3.05, 3.63) is 130 Å². The molecular formula is C33H31NO4S2. The van der Waals surface area contributed by atoms with Gasteiger partial charge in [0.25, 0.3) is 0 Å². The molecule has 0 spiro atoms. The monoisotopic (exact) mass is 569 g/mol. The highest BCUT2D eigenvalue weighted by molar-refractivity contribution is 7.89. The van der Waals surface area contributed by atoms with Crippen LogP contribution in [0.25, 0.3) is 5.57 Å². The fourth-order valence-electron chi connectivity index (χ4n) is 5.47. The van der Waals surface area contributed by atoms with E-state index in [1.807, 2.05) is 78.3 Å². The highest BCUT2D eigenvalue weighted by Gasteiger charge is 2.44.